The monoisotopic (exact) mass is 156 g/mol. The van der Waals surface area contributed by atoms with Crippen LogP contribution in [0.4, 0.5) is 0 Å². The second-order valence-electron chi connectivity index (χ2n) is 1.23. The molecule has 0 radical (unpaired) electrons. The highest BCUT2D eigenvalue weighted by Crippen LogP contribution is 2.42. The Kier molecular flexibility index (Phi) is 6.23. The van der Waals surface area contributed by atoms with Crippen LogP contribution in [0.25, 0.3) is 0 Å². The van der Waals surface area contributed by atoms with Gasteiger partial charge in [-0.3, -0.25) is 0 Å². The lowest BCUT2D eigenvalue weighted by atomic mass is 10.5. The molecule has 0 aromatic heterocycles. The van der Waals surface area contributed by atoms with Crippen molar-refractivity contribution in [2.75, 3.05) is 13.7 Å². The molecule has 0 rings (SSSR count). The van der Waals surface area contributed by atoms with Crippen LogP contribution in [0.15, 0.2) is 0 Å². The Morgan fingerprint density at radius 2 is 2.25 bits per heavy atom. The van der Waals surface area contributed by atoms with E-state index < -0.39 is 7.73 Å². The van der Waals surface area contributed by atoms with Gasteiger partial charge in [-0.2, -0.15) is 0 Å². The van der Waals surface area contributed by atoms with Crippen LogP contribution in [-0.4, -0.2) is 13.7 Å². The van der Waals surface area contributed by atoms with Crippen LogP contribution in [0.5, 0.6) is 0 Å². The molecule has 1 atom stereocenters. The van der Waals surface area contributed by atoms with E-state index in [2.05, 4.69) is 4.52 Å². The van der Waals surface area contributed by atoms with E-state index in [1.165, 1.54) is 7.11 Å². The Hall–Kier alpha value is 0.640. The minimum Gasteiger partial charge on any atom is -0.326 e. The topological polar surface area (TPSA) is 18.5 Å². The molecule has 1 unspecified atom stereocenters. The van der Waals surface area contributed by atoms with Crippen molar-refractivity contribution in [1.82, 2.24) is 0 Å². The zero-order valence-corrected chi connectivity index (χ0v) is 6.71. The highest BCUT2D eigenvalue weighted by Gasteiger charge is 1.99. The summed E-state index contributed by atoms with van der Waals surface area (Å²) in [5, 5.41) is 0. The van der Waals surface area contributed by atoms with Gasteiger partial charge in [0, 0.05) is 7.11 Å². The minimum absolute atomic E-state index is 0.684. The third-order valence-corrected chi connectivity index (χ3v) is 1.92. The van der Waals surface area contributed by atoms with Crippen molar-refractivity contribution in [2.45, 2.75) is 13.3 Å². The molecule has 0 aliphatic carbocycles. The maximum absolute atomic E-state index is 5.46. The van der Waals surface area contributed by atoms with Gasteiger partial charge in [0.25, 0.3) is 7.73 Å². The first-order valence-electron chi connectivity index (χ1n) is 2.44. The summed E-state index contributed by atoms with van der Waals surface area (Å²) in [4.78, 5) is 0. The molecule has 0 heterocycles. The van der Waals surface area contributed by atoms with Crippen LogP contribution < -0.4 is 0 Å². The van der Waals surface area contributed by atoms with Crippen molar-refractivity contribution in [3.63, 3.8) is 0 Å². The third kappa shape index (κ3) is 4.79. The maximum atomic E-state index is 5.46. The minimum atomic E-state index is -1.11. The lowest BCUT2D eigenvalue weighted by Gasteiger charge is -2.03. The second-order valence-corrected chi connectivity index (χ2v) is 3.10. The van der Waals surface area contributed by atoms with Crippen LogP contribution in [0.1, 0.15) is 13.3 Å². The molecule has 0 amide bonds. The summed E-state index contributed by atoms with van der Waals surface area (Å²) in [6.45, 7) is 2.71. The molecule has 0 aromatic rings. The van der Waals surface area contributed by atoms with Gasteiger partial charge in [-0.1, -0.05) is 6.92 Å². The van der Waals surface area contributed by atoms with E-state index in [4.69, 9.17) is 15.8 Å². The molecule has 0 aromatic carbocycles. The first kappa shape index (κ1) is 8.64. The number of rotatable bonds is 4. The number of halogens is 1. The SMILES string of the molecule is CCCOP(Cl)OC. The fraction of sp³-hybridized carbons (Fsp3) is 1.00. The average Bonchev–Trinajstić information content (AvgIpc) is 1.83. The van der Waals surface area contributed by atoms with Gasteiger partial charge in [0.1, 0.15) is 0 Å². The van der Waals surface area contributed by atoms with E-state index in [1.807, 2.05) is 6.92 Å². The van der Waals surface area contributed by atoms with E-state index in [0.717, 1.165) is 6.42 Å². The Morgan fingerprint density at radius 3 is 2.62 bits per heavy atom. The molecule has 0 N–H and O–H groups in total. The molecule has 0 fully saturated rings. The van der Waals surface area contributed by atoms with Gasteiger partial charge in [-0.25, -0.2) is 0 Å². The highest BCUT2D eigenvalue weighted by atomic mass is 35.7. The van der Waals surface area contributed by atoms with Gasteiger partial charge in [-0.15, -0.1) is 0 Å². The second kappa shape index (κ2) is 5.77. The highest BCUT2D eigenvalue weighted by molar-refractivity contribution is 7.76. The zero-order chi connectivity index (χ0) is 6.41. The first-order chi connectivity index (χ1) is 3.81. The van der Waals surface area contributed by atoms with E-state index in [-0.39, 0.29) is 0 Å². The fourth-order valence-corrected chi connectivity index (χ4v) is 0.854. The largest absolute Gasteiger partial charge is 0.326 e. The lowest BCUT2D eigenvalue weighted by molar-refractivity contribution is 0.296. The predicted octanol–water partition coefficient (Wildman–Crippen LogP) is 2.53. The van der Waals surface area contributed by atoms with Gasteiger partial charge in [0.2, 0.25) is 0 Å². The molecular formula is C4H10ClO2P. The lowest BCUT2D eigenvalue weighted by Crippen LogP contribution is -1.83. The molecule has 0 aliphatic rings. The third-order valence-electron chi connectivity index (χ3n) is 0.540. The summed E-state index contributed by atoms with van der Waals surface area (Å²) < 4.78 is 9.61. The number of hydrogen-bond acceptors (Lipinski definition) is 2. The van der Waals surface area contributed by atoms with Gasteiger partial charge < -0.3 is 9.05 Å². The molecule has 2 nitrogen and oxygen atoms in total. The smallest absolute Gasteiger partial charge is 0.276 e. The molecule has 8 heavy (non-hydrogen) atoms. The molecule has 0 bridgehead atoms. The summed E-state index contributed by atoms with van der Waals surface area (Å²) in [5.41, 5.74) is 0. The van der Waals surface area contributed by atoms with E-state index in [1.54, 1.807) is 0 Å². The summed E-state index contributed by atoms with van der Waals surface area (Å²) in [7, 11) is 0.424. The summed E-state index contributed by atoms with van der Waals surface area (Å²) >= 11 is 5.46. The van der Waals surface area contributed by atoms with Crippen molar-refractivity contribution >= 4 is 19.0 Å². The van der Waals surface area contributed by atoms with Crippen LogP contribution in [0.2, 0.25) is 0 Å². The quantitative estimate of drug-likeness (QED) is 0.583. The van der Waals surface area contributed by atoms with Crippen molar-refractivity contribution in [3.05, 3.63) is 0 Å². The van der Waals surface area contributed by atoms with Crippen LogP contribution in [0.3, 0.4) is 0 Å². The Morgan fingerprint density at radius 1 is 1.62 bits per heavy atom. The molecule has 0 aliphatic heterocycles. The first-order valence-corrected chi connectivity index (χ1v) is 4.52. The normalized spacial score (nSPS) is 13.9. The predicted molar refractivity (Wildman–Crippen MR) is 36.0 cm³/mol. The molecule has 0 saturated heterocycles. The molecule has 50 valence electrons. The fourth-order valence-electron chi connectivity index (χ4n) is 0.216. The van der Waals surface area contributed by atoms with Crippen LogP contribution in [-0.2, 0) is 9.05 Å². The Balaban J connectivity index is 2.86. The Labute approximate surface area is 55.8 Å². The van der Waals surface area contributed by atoms with Crippen molar-refractivity contribution in [3.8, 4) is 0 Å². The molecule has 0 spiro atoms. The molecular weight excluding hydrogens is 146 g/mol. The van der Waals surface area contributed by atoms with E-state index in [0.29, 0.717) is 6.61 Å². The summed E-state index contributed by atoms with van der Waals surface area (Å²) in [6.07, 6.45) is 0.981. The summed E-state index contributed by atoms with van der Waals surface area (Å²) in [6, 6.07) is 0. The number of hydrogen-bond donors (Lipinski definition) is 0. The summed E-state index contributed by atoms with van der Waals surface area (Å²) in [5.74, 6) is 0. The van der Waals surface area contributed by atoms with Gasteiger partial charge >= 0.3 is 0 Å². The van der Waals surface area contributed by atoms with Crippen molar-refractivity contribution in [1.29, 1.82) is 0 Å². The van der Waals surface area contributed by atoms with Crippen LogP contribution in [0, 0.1) is 0 Å². The zero-order valence-electron chi connectivity index (χ0n) is 5.06. The van der Waals surface area contributed by atoms with E-state index >= 15 is 0 Å². The van der Waals surface area contributed by atoms with Crippen molar-refractivity contribution < 1.29 is 9.05 Å². The maximum Gasteiger partial charge on any atom is 0.276 e. The molecule has 4 heteroatoms. The molecule has 0 saturated carbocycles. The standard InChI is InChI=1S/C4H10ClO2P/c1-3-4-7-8(5)6-2/h3-4H2,1-2H3. The van der Waals surface area contributed by atoms with Crippen molar-refractivity contribution in [2.24, 2.45) is 0 Å². The van der Waals surface area contributed by atoms with Gasteiger partial charge in [-0.05, 0) is 17.7 Å². The van der Waals surface area contributed by atoms with Gasteiger partial charge in [0.05, 0.1) is 6.61 Å². The Bertz CT molecular complexity index is 53.3. The van der Waals surface area contributed by atoms with E-state index in [9.17, 15) is 0 Å². The van der Waals surface area contributed by atoms with Crippen LogP contribution >= 0.6 is 19.0 Å². The average molecular weight is 157 g/mol. The van der Waals surface area contributed by atoms with Gasteiger partial charge in [0.15, 0.2) is 0 Å².